The average Bonchev–Trinajstić information content (AvgIpc) is 3.20. The van der Waals surface area contributed by atoms with E-state index in [2.05, 4.69) is 4.98 Å². The van der Waals surface area contributed by atoms with Crippen LogP contribution in [0.4, 0.5) is 0 Å². The van der Waals surface area contributed by atoms with Crippen molar-refractivity contribution in [3.63, 3.8) is 0 Å². The number of hydrogen-bond donors (Lipinski definition) is 1. The summed E-state index contributed by atoms with van der Waals surface area (Å²) < 4.78 is 1.24. The van der Waals surface area contributed by atoms with Crippen molar-refractivity contribution >= 4 is 34.5 Å². The second kappa shape index (κ2) is 7.97. The van der Waals surface area contributed by atoms with Crippen LogP contribution in [0.1, 0.15) is 21.3 Å². The lowest BCUT2D eigenvalue weighted by molar-refractivity contribution is -0.117. The Morgan fingerprint density at radius 3 is 2.41 bits per heavy atom. The van der Waals surface area contributed by atoms with Crippen molar-refractivity contribution in [1.82, 2.24) is 9.66 Å². The Morgan fingerprint density at radius 2 is 1.62 bits per heavy atom. The Bertz CT molecular complexity index is 1420. The van der Waals surface area contributed by atoms with Gasteiger partial charge in [0.25, 0.3) is 11.5 Å². The quantitative estimate of drug-likeness (QED) is 0.517. The molecular weight excluding hydrogens is 426 g/mol. The number of benzene rings is 3. The highest BCUT2D eigenvalue weighted by molar-refractivity contribution is 8.00. The number of aromatic carboxylic acids is 1. The molecule has 0 bridgehead atoms. The van der Waals surface area contributed by atoms with Gasteiger partial charge >= 0.3 is 5.97 Å². The molecule has 1 N–H and O–H groups in total. The number of para-hydroxylation sites is 1. The van der Waals surface area contributed by atoms with Crippen LogP contribution in [0.15, 0.2) is 83.7 Å². The minimum atomic E-state index is -1.14. The Morgan fingerprint density at radius 1 is 0.938 bits per heavy atom. The lowest BCUT2D eigenvalue weighted by Gasteiger charge is -2.28. The highest BCUT2D eigenvalue weighted by Gasteiger charge is 2.37. The van der Waals surface area contributed by atoms with Crippen LogP contribution >= 0.6 is 11.8 Å². The molecule has 3 aromatic carbocycles. The van der Waals surface area contributed by atoms with Crippen LogP contribution in [0.25, 0.3) is 22.3 Å². The second-order valence-corrected chi connectivity index (χ2v) is 8.30. The topological polar surface area (TPSA) is 92.5 Å². The molecular formula is C24H17N3O4S. The summed E-state index contributed by atoms with van der Waals surface area (Å²) in [6.07, 6.45) is 0. The molecule has 1 aliphatic rings. The molecule has 5 rings (SSSR count). The molecule has 1 amide bonds. The third kappa shape index (κ3) is 3.25. The van der Waals surface area contributed by atoms with E-state index in [4.69, 9.17) is 0 Å². The predicted molar refractivity (Wildman–Crippen MR) is 123 cm³/mol. The first-order valence-electron chi connectivity index (χ1n) is 9.89. The standard InChI is InChI=1S/C24H17N3O4S/c28-20-14-32-23(15-8-2-1-3-9-15)26(20)27-21(16-10-4-5-11-17(16)24(30)31)25-19-13-7-6-12-18(19)22(27)29/h1-13,23H,14H2,(H,30,31). The summed E-state index contributed by atoms with van der Waals surface area (Å²) in [5.74, 6) is -1.09. The first-order chi connectivity index (χ1) is 15.6. The molecule has 0 spiro atoms. The van der Waals surface area contributed by atoms with Gasteiger partial charge in [-0.05, 0) is 23.8 Å². The van der Waals surface area contributed by atoms with Crippen molar-refractivity contribution in [3.8, 4) is 11.4 Å². The molecule has 1 aliphatic heterocycles. The van der Waals surface area contributed by atoms with Crippen molar-refractivity contribution in [3.05, 3.63) is 100 Å². The van der Waals surface area contributed by atoms with Crippen LogP contribution in [0, 0.1) is 0 Å². The Hall–Kier alpha value is -3.91. The van der Waals surface area contributed by atoms with Crippen LogP contribution in [0.2, 0.25) is 0 Å². The highest BCUT2D eigenvalue weighted by Crippen LogP contribution is 2.38. The number of carboxylic acid groups (broad SMARTS) is 1. The van der Waals surface area contributed by atoms with Gasteiger partial charge in [-0.1, -0.05) is 60.7 Å². The van der Waals surface area contributed by atoms with Gasteiger partial charge in [-0.3, -0.25) is 9.59 Å². The molecule has 0 radical (unpaired) electrons. The fourth-order valence-electron chi connectivity index (χ4n) is 3.85. The van der Waals surface area contributed by atoms with Gasteiger partial charge in [0.05, 0.1) is 22.2 Å². The van der Waals surface area contributed by atoms with E-state index >= 15 is 0 Å². The molecule has 1 aromatic heterocycles. The van der Waals surface area contributed by atoms with Crippen LogP contribution in [0.3, 0.4) is 0 Å². The van der Waals surface area contributed by atoms with Crippen molar-refractivity contribution in [2.75, 3.05) is 10.8 Å². The Labute approximate surface area is 186 Å². The summed E-state index contributed by atoms with van der Waals surface area (Å²) >= 11 is 1.41. The molecule has 1 atom stereocenters. The number of carboxylic acids is 1. The lowest BCUT2D eigenvalue weighted by Crippen LogP contribution is -2.46. The minimum absolute atomic E-state index is 0.000934. The van der Waals surface area contributed by atoms with Gasteiger partial charge < -0.3 is 5.11 Å². The lowest BCUT2D eigenvalue weighted by atomic mass is 10.1. The number of thioether (sulfide) groups is 1. The van der Waals surface area contributed by atoms with Gasteiger partial charge in [-0.2, -0.15) is 4.68 Å². The van der Waals surface area contributed by atoms with Crippen molar-refractivity contribution in [1.29, 1.82) is 0 Å². The molecule has 4 aromatic rings. The van der Waals surface area contributed by atoms with Crippen LogP contribution in [0.5, 0.6) is 0 Å². The zero-order valence-electron chi connectivity index (χ0n) is 16.7. The molecule has 32 heavy (non-hydrogen) atoms. The maximum atomic E-state index is 13.7. The number of nitrogens with zero attached hydrogens (tertiary/aromatic N) is 3. The fraction of sp³-hybridized carbons (Fsp3) is 0.0833. The summed E-state index contributed by atoms with van der Waals surface area (Å²) in [4.78, 5) is 43.3. The number of hydrogen-bond acceptors (Lipinski definition) is 5. The zero-order chi connectivity index (χ0) is 22.2. The number of carbonyl (C=O) groups excluding carboxylic acids is 1. The maximum absolute atomic E-state index is 13.7. The minimum Gasteiger partial charge on any atom is -0.478 e. The molecule has 2 heterocycles. The number of rotatable bonds is 4. The summed E-state index contributed by atoms with van der Waals surface area (Å²) in [6, 6.07) is 22.6. The monoisotopic (exact) mass is 443 g/mol. The van der Waals surface area contributed by atoms with Crippen molar-refractivity contribution < 1.29 is 14.7 Å². The van der Waals surface area contributed by atoms with Gasteiger partial charge in [0.1, 0.15) is 5.37 Å². The molecule has 1 unspecified atom stereocenters. The van der Waals surface area contributed by atoms with E-state index in [-0.39, 0.29) is 28.6 Å². The Balaban J connectivity index is 1.84. The molecule has 0 saturated carbocycles. The first-order valence-corrected chi connectivity index (χ1v) is 10.9. The van der Waals surface area contributed by atoms with Gasteiger partial charge in [-0.15, -0.1) is 11.8 Å². The maximum Gasteiger partial charge on any atom is 0.336 e. The third-order valence-corrected chi connectivity index (χ3v) is 6.50. The molecule has 1 fully saturated rings. The van der Waals surface area contributed by atoms with Crippen molar-refractivity contribution in [2.45, 2.75) is 5.37 Å². The van der Waals surface area contributed by atoms with E-state index in [9.17, 15) is 19.5 Å². The van der Waals surface area contributed by atoms with Crippen molar-refractivity contribution in [2.24, 2.45) is 0 Å². The van der Waals surface area contributed by atoms with Crippen LogP contribution in [-0.4, -0.2) is 32.4 Å². The molecule has 1 saturated heterocycles. The van der Waals surface area contributed by atoms with E-state index < -0.39 is 16.9 Å². The molecule has 0 aliphatic carbocycles. The van der Waals surface area contributed by atoms with E-state index in [0.717, 1.165) is 5.56 Å². The van der Waals surface area contributed by atoms with E-state index in [0.29, 0.717) is 10.9 Å². The first kappa shape index (κ1) is 20.0. The van der Waals surface area contributed by atoms with Gasteiger partial charge in [0, 0.05) is 5.56 Å². The SMILES string of the molecule is O=C(O)c1ccccc1-c1nc2ccccc2c(=O)n1N1C(=O)CSC1c1ccccc1. The predicted octanol–water partition coefficient (Wildman–Crippen LogP) is 3.67. The number of carbonyl (C=O) groups is 2. The number of aromatic nitrogens is 2. The molecule has 8 heteroatoms. The van der Waals surface area contributed by atoms with Gasteiger partial charge in [-0.25, -0.2) is 14.8 Å². The molecule has 7 nitrogen and oxygen atoms in total. The fourth-order valence-corrected chi connectivity index (χ4v) is 4.99. The van der Waals surface area contributed by atoms with Gasteiger partial charge in [0.2, 0.25) is 0 Å². The highest BCUT2D eigenvalue weighted by atomic mass is 32.2. The van der Waals surface area contributed by atoms with E-state index in [1.807, 2.05) is 30.3 Å². The Kier molecular flexibility index (Phi) is 4.99. The second-order valence-electron chi connectivity index (χ2n) is 7.23. The summed E-state index contributed by atoms with van der Waals surface area (Å²) in [7, 11) is 0. The van der Waals surface area contributed by atoms with Crippen LogP contribution in [-0.2, 0) is 4.79 Å². The van der Waals surface area contributed by atoms with Crippen LogP contribution < -0.4 is 10.6 Å². The molecule has 158 valence electrons. The number of fused-ring (bicyclic) bond motifs is 1. The summed E-state index contributed by atoms with van der Waals surface area (Å²) in [5, 5.41) is 11.0. The average molecular weight is 443 g/mol. The normalized spacial score (nSPS) is 15.9. The van der Waals surface area contributed by atoms with E-state index in [1.165, 1.54) is 27.5 Å². The largest absolute Gasteiger partial charge is 0.478 e. The zero-order valence-corrected chi connectivity index (χ0v) is 17.5. The van der Waals surface area contributed by atoms with Gasteiger partial charge in [0.15, 0.2) is 5.82 Å². The summed E-state index contributed by atoms with van der Waals surface area (Å²) in [6.45, 7) is 0. The third-order valence-electron chi connectivity index (χ3n) is 5.29. The number of amides is 1. The van der Waals surface area contributed by atoms with E-state index in [1.54, 1.807) is 42.5 Å². The smallest absolute Gasteiger partial charge is 0.336 e. The summed E-state index contributed by atoms with van der Waals surface area (Å²) in [5.41, 5.74) is 1.13.